The van der Waals surface area contributed by atoms with Gasteiger partial charge in [-0.15, -0.1) is 0 Å². The van der Waals surface area contributed by atoms with E-state index in [1.54, 1.807) is 0 Å². The number of hydrogen-bond acceptors (Lipinski definition) is 3. The topological polar surface area (TPSA) is 46.2 Å². The van der Waals surface area contributed by atoms with Crippen molar-refractivity contribution in [2.24, 2.45) is 0 Å². The van der Waals surface area contributed by atoms with Gasteiger partial charge in [-0.05, 0) is 41.9 Å². The average Bonchev–Trinajstić information content (AvgIpc) is 2.41. The minimum absolute atomic E-state index is 0.274. The standard InChI is InChI=1S/C17H27NO2S/c1-12(2)14-5-6-17(16(11-14)13(3)4)18-15-7-9-21(19,20)10-8-15/h5-6,11-13,15,18H,7-10H2,1-4H3. The van der Waals surface area contributed by atoms with Crippen LogP contribution in [-0.4, -0.2) is 26.0 Å². The lowest BCUT2D eigenvalue weighted by Crippen LogP contribution is -2.32. The second-order valence-electron chi connectivity index (χ2n) is 6.73. The third-order valence-electron chi connectivity index (χ3n) is 4.28. The molecular weight excluding hydrogens is 282 g/mol. The molecule has 0 spiro atoms. The van der Waals surface area contributed by atoms with E-state index in [1.807, 2.05) is 0 Å². The molecule has 1 aromatic rings. The van der Waals surface area contributed by atoms with Crippen LogP contribution in [0.3, 0.4) is 0 Å². The molecule has 1 heterocycles. The van der Waals surface area contributed by atoms with Crippen molar-refractivity contribution >= 4 is 15.5 Å². The highest BCUT2D eigenvalue weighted by atomic mass is 32.2. The SMILES string of the molecule is CC(C)c1ccc(NC2CCS(=O)(=O)CC2)c(C(C)C)c1. The molecule has 1 fully saturated rings. The van der Waals surface area contributed by atoms with Crippen LogP contribution in [0, 0.1) is 0 Å². The zero-order valence-corrected chi connectivity index (χ0v) is 14.3. The molecule has 0 aromatic heterocycles. The second kappa shape index (κ2) is 6.39. The van der Waals surface area contributed by atoms with Crippen molar-refractivity contribution in [2.45, 2.75) is 58.4 Å². The van der Waals surface area contributed by atoms with E-state index in [4.69, 9.17) is 0 Å². The zero-order chi connectivity index (χ0) is 15.6. The van der Waals surface area contributed by atoms with Crippen molar-refractivity contribution in [3.05, 3.63) is 29.3 Å². The molecule has 0 unspecified atom stereocenters. The summed E-state index contributed by atoms with van der Waals surface area (Å²) in [6.45, 7) is 8.82. The molecule has 0 aliphatic carbocycles. The fourth-order valence-electron chi connectivity index (χ4n) is 2.80. The maximum atomic E-state index is 11.5. The molecule has 3 nitrogen and oxygen atoms in total. The summed E-state index contributed by atoms with van der Waals surface area (Å²) in [5.74, 6) is 1.60. The van der Waals surface area contributed by atoms with Gasteiger partial charge in [0.05, 0.1) is 11.5 Å². The van der Waals surface area contributed by atoms with Crippen LogP contribution >= 0.6 is 0 Å². The van der Waals surface area contributed by atoms with Gasteiger partial charge in [-0.1, -0.05) is 39.8 Å². The molecule has 1 aliphatic heterocycles. The van der Waals surface area contributed by atoms with Crippen molar-refractivity contribution < 1.29 is 8.42 Å². The van der Waals surface area contributed by atoms with Gasteiger partial charge in [0.2, 0.25) is 0 Å². The van der Waals surface area contributed by atoms with Gasteiger partial charge in [-0.2, -0.15) is 0 Å². The lowest BCUT2D eigenvalue weighted by atomic mass is 9.93. The Morgan fingerprint density at radius 1 is 1.05 bits per heavy atom. The molecule has 1 aliphatic rings. The molecule has 1 N–H and O–H groups in total. The first kappa shape index (κ1) is 16.3. The van der Waals surface area contributed by atoms with Crippen LogP contribution in [0.15, 0.2) is 18.2 Å². The van der Waals surface area contributed by atoms with Crippen LogP contribution in [0.1, 0.15) is 63.5 Å². The minimum atomic E-state index is -2.79. The normalized spacial score (nSPS) is 19.1. The molecule has 118 valence electrons. The summed E-state index contributed by atoms with van der Waals surface area (Å²) in [7, 11) is -2.79. The van der Waals surface area contributed by atoms with E-state index >= 15 is 0 Å². The van der Waals surface area contributed by atoms with Crippen LogP contribution in [-0.2, 0) is 9.84 Å². The van der Waals surface area contributed by atoms with Gasteiger partial charge in [0, 0.05) is 11.7 Å². The first-order chi connectivity index (χ1) is 9.78. The lowest BCUT2D eigenvalue weighted by Gasteiger charge is -2.26. The van der Waals surface area contributed by atoms with E-state index in [0.717, 1.165) is 0 Å². The number of sulfone groups is 1. The Kier molecular flexibility index (Phi) is 4.97. The van der Waals surface area contributed by atoms with Crippen LogP contribution in [0.4, 0.5) is 5.69 Å². The highest BCUT2D eigenvalue weighted by Crippen LogP contribution is 2.30. The molecule has 1 saturated heterocycles. The largest absolute Gasteiger partial charge is 0.382 e. The second-order valence-corrected chi connectivity index (χ2v) is 9.03. The fourth-order valence-corrected chi connectivity index (χ4v) is 4.30. The summed E-state index contributed by atoms with van der Waals surface area (Å²) in [6, 6.07) is 6.90. The molecular formula is C17H27NO2S. The fraction of sp³-hybridized carbons (Fsp3) is 0.647. The minimum Gasteiger partial charge on any atom is -0.382 e. The van der Waals surface area contributed by atoms with Crippen LogP contribution in [0.2, 0.25) is 0 Å². The molecule has 0 atom stereocenters. The Morgan fingerprint density at radius 2 is 1.67 bits per heavy atom. The lowest BCUT2D eigenvalue weighted by molar-refractivity contribution is 0.559. The van der Waals surface area contributed by atoms with Gasteiger partial charge in [0.25, 0.3) is 0 Å². The van der Waals surface area contributed by atoms with Crippen LogP contribution < -0.4 is 5.32 Å². The Balaban J connectivity index is 2.16. The first-order valence-corrected chi connectivity index (χ1v) is 9.71. The van der Waals surface area contributed by atoms with Gasteiger partial charge in [-0.25, -0.2) is 8.42 Å². The van der Waals surface area contributed by atoms with Crippen molar-refractivity contribution in [1.82, 2.24) is 0 Å². The van der Waals surface area contributed by atoms with Gasteiger partial charge in [0.1, 0.15) is 9.84 Å². The van der Waals surface area contributed by atoms with Gasteiger partial charge >= 0.3 is 0 Å². The summed E-state index contributed by atoms with van der Waals surface area (Å²) < 4.78 is 23.0. The monoisotopic (exact) mass is 309 g/mol. The Bertz CT molecular complexity index is 577. The smallest absolute Gasteiger partial charge is 0.150 e. The molecule has 1 aromatic carbocycles. The van der Waals surface area contributed by atoms with Crippen molar-refractivity contribution in [2.75, 3.05) is 16.8 Å². The summed E-state index contributed by atoms with van der Waals surface area (Å²) >= 11 is 0. The number of rotatable bonds is 4. The predicted molar refractivity (Wildman–Crippen MR) is 89.9 cm³/mol. The summed E-state index contributed by atoms with van der Waals surface area (Å²) in [5.41, 5.74) is 3.85. The van der Waals surface area contributed by atoms with E-state index in [9.17, 15) is 8.42 Å². The molecule has 4 heteroatoms. The average molecular weight is 309 g/mol. The molecule has 0 saturated carbocycles. The first-order valence-electron chi connectivity index (χ1n) is 7.89. The molecule has 0 radical (unpaired) electrons. The molecule has 0 amide bonds. The third kappa shape index (κ3) is 4.22. The van der Waals surface area contributed by atoms with Crippen LogP contribution in [0.5, 0.6) is 0 Å². The third-order valence-corrected chi connectivity index (χ3v) is 5.99. The summed E-state index contributed by atoms with van der Waals surface area (Å²) in [6.07, 6.45) is 1.43. The number of anilines is 1. The number of nitrogens with one attached hydrogen (secondary N) is 1. The number of benzene rings is 1. The number of hydrogen-bond donors (Lipinski definition) is 1. The Hall–Kier alpha value is -1.03. The maximum Gasteiger partial charge on any atom is 0.150 e. The van der Waals surface area contributed by atoms with Crippen LogP contribution in [0.25, 0.3) is 0 Å². The van der Waals surface area contributed by atoms with E-state index in [-0.39, 0.29) is 6.04 Å². The van der Waals surface area contributed by atoms with Crippen molar-refractivity contribution in [1.29, 1.82) is 0 Å². The van der Waals surface area contributed by atoms with Crippen molar-refractivity contribution in [3.63, 3.8) is 0 Å². The van der Waals surface area contributed by atoms with Crippen molar-refractivity contribution in [3.8, 4) is 0 Å². The van der Waals surface area contributed by atoms with Gasteiger partial charge in [-0.3, -0.25) is 0 Å². The molecule has 2 rings (SSSR count). The van der Waals surface area contributed by atoms with Gasteiger partial charge < -0.3 is 5.32 Å². The quantitative estimate of drug-likeness (QED) is 0.917. The highest BCUT2D eigenvalue weighted by molar-refractivity contribution is 7.91. The van der Waals surface area contributed by atoms with E-state index < -0.39 is 9.84 Å². The Morgan fingerprint density at radius 3 is 2.19 bits per heavy atom. The predicted octanol–water partition coefficient (Wildman–Crippen LogP) is 3.92. The molecule has 0 bridgehead atoms. The summed E-state index contributed by atoms with van der Waals surface area (Å²) in [4.78, 5) is 0. The Labute approximate surface area is 129 Å². The molecule has 21 heavy (non-hydrogen) atoms. The van der Waals surface area contributed by atoms with E-state index in [2.05, 4.69) is 51.2 Å². The van der Waals surface area contributed by atoms with E-state index in [1.165, 1.54) is 16.8 Å². The summed E-state index contributed by atoms with van der Waals surface area (Å²) in [5, 5.41) is 3.57. The zero-order valence-electron chi connectivity index (χ0n) is 13.5. The highest BCUT2D eigenvalue weighted by Gasteiger charge is 2.24. The maximum absolute atomic E-state index is 11.5. The van der Waals surface area contributed by atoms with E-state index in [0.29, 0.717) is 36.2 Å². The van der Waals surface area contributed by atoms with Gasteiger partial charge in [0.15, 0.2) is 0 Å².